The Balaban J connectivity index is 1.56. The predicted molar refractivity (Wildman–Crippen MR) is 113 cm³/mol. The number of benzene rings is 2. The number of rotatable bonds is 7. The highest BCUT2D eigenvalue weighted by molar-refractivity contribution is 6.30. The van der Waals surface area contributed by atoms with Crippen molar-refractivity contribution in [1.82, 2.24) is 10.3 Å². The second kappa shape index (κ2) is 9.24. The fourth-order valence-corrected chi connectivity index (χ4v) is 3.06. The van der Waals surface area contributed by atoms with Crippen LogP contribution in [0.25, 0.3) is 0 Å². The molecule has 0 aliphatic rings. The number of aromatic nitrogens is 1. The van der Waals surface area contributed by atoms with E-state index in [2.05, 4.69) is 15.6 Å². The lowest BCUT2D eigenvalue weighted by Gasteiger charge is -2.11. The van der Waals surface area contributed by atoms with E-state index in [1.54, 1.807) is 19.4 Å². The van der Waals surface area contributed by atoms with E-state index in [0.717, 1.165) is 28.3 Å². The second-order valence-electron chi connectivity index (χ2n) is 6.33. The second-order valence-corrected chi connectivity index (χ2v) is 6.77. The van der Waals surface area contributed by atoms with Gasteiger partial charge < -0.3 is 15.4 Å². The molecule has 28 heavy (non-hydrogen) atoms. The Labute approximate surface area is 169 Å². The number of nitrogens with one attached hydrogen (secondary N) is 2. The van der Waals surface area contributed by atoms with Gasteiger partial charge in [-0.2, -0.15) is 0 Å². The van der Waals surface area contributed by atoms with Crippen molar-refractivity contribution in [1.29, 1.82) is 0 Å². The molecule has 1 amide bonds. The quantitative estimate of drug-likeness (QED) is 0.605. The van der Waals surface area contributed by atoms with Crippen molar-refractivity contribution in [3.8, 4) is 5.75 Å². The van der Waals surface area contributed by atoms with Gasteiger partial charge in [-0.1, -0.05) is 29.8 Å². The Kier molecular flexibility index (Phi) is 6.50. The topological polar surface area (TPSA) is 63.2 Å². The van der Waals surface area contributed by atoms with Crippen LogP contribution in [-0.2, 0) is 6.42 Å². The van der Waals surface area contributed by atoms with Crippen molar-refractivity contribution >= 4 is 28.9 Å². The molecule has 0 spiro atoms. The number of carbonyl (C=O) groups is 1. The fraction of sp³-hybridized carbons (Fsp3) is 0.182. The molecule has 1 heterocycles. The minimum Gasteiger partial charge on any atom is -0.496 e. The van der Waals surface area contributed by atoms with E-state index in [1.165, 1.54) is 0 Å². The van der Waals surface area contributed by atoms with E-state index < -0.39 is 0 Å². The molecule has 1 aromatic heterocycles. The summed E-state index contributed by atoms with van der Waals surface area (Å²) < 4.78 is 5.33. The number of para-hydroxylation sites is 1. The van der Waals surface area contributed by atoms with Gasteiger partial charge in [0, 0.05) is 17.3 Å². The molecule has 6 heteroatoms. The van der Waals surface area contributed by atoms with E-state index in [1.807, 2.05) is 55.5 Å². The predicted octanol–water partition coefficient (Wildman–Crippen LogP) is 4.77. The maximum atomic E-state index is 12.3. The molecule has 0 bridgehead atoms. The summed E-state index contributed by atoms with van der Waals surface area (Å²) >= 11 is 5.98. The minimum atomic E-state index is -0.205. The number of carbonyl (C=O) groups excluding carboxylic acids is 1. The van der Waals surface area contributed by atoms with Crippen LogP contribution in [-0.4, -0.2) is 24.5 Å². The maximum absolute atomic E-state index is 12.3. The Bertz CT molecular complexity index is 958. The summed E-state index contributed by atoms with van der Waals surface area (Å²) in [6.45, 7) is 2.48. The van der Waals surface area contributed by atoms with E-state index >= 15 is 0 Å². The van der Waals surface area contributed by atoms with Gasteiger partial charge in [0.2, 0.25) is 0 Å². The Hall–Kier alpha value is -3.05. The number of amides is 1. The zero-order chi connectivity index (χ0) is 19.9. The molecule has 0 aliphatic heterocycles. The highest BCUT2D eigenvalue weighted by Crippen LogP contribution is 2.23. The molecule has 3 rings (SSSR count). The summed E-state index contributed by atoms with van der Waals surface area (Å²) in [5.41, 5.74) is 4.21. The molecule has 0 fully saturated rings. The number of ether oxygens (including phenoxy) is 1. The normalized spacial score (nSPS) is 10.4. The number of pyridine rings is 1. The van der Waals surface area contributed by atoms with Crippen molar-refractivity contribution in [2.24, 2.45) is 0 Å². The van der Waals surface area contributed by atoms with Gasteiger partial charge in [-0.25, -0.2) is 4.98 Å². The number of methoxy groups -OCH3 is 1. The number of nitrogens with zero attached hydrogens (tertiary/aromatic N) is 1. The third kappa shape index (κ3) is 5.02. The van der Waals surface area contributed by atoms with Crippen LogP contribution in [0, 0.1) is 6.92 Å². The van der Waals surface area contributed by atoms with Crippen molar-refractivity contribution in [3.63, 3.8) is 0 Å². The lowest BCUT2D eigenvalue weighted by molar-refractivity contribution is 0.0949. The van der Waals surface area contributed by atoms with Crippen molar-refractivity contribution < 1.29 is 9.53 Å². The Morgan fingerprint density at radius 1 is 1.14 bits per heavy atom. The number of hydrogen-bond acceptors (Lipinski definition) is 4. The average Bonchev–Trinajstić information content (AvgIpc) is 2.71. The number of anilines is 2. The van der Waals surface area contributed by atoms with Gasteiger partial charge in [0.25, 0.3) is 5.91 Å². The van der Waals surface area contributed by atoms with Crippen LogP contribution in [0.15, 0.2) is 60.8 Å². The summed E-state index contributed by atoms with van der Waals surface area (Å²) in [7, 11) is 1.64. The number of halogens is 1. The van der Waals surface area contributed by atoms with Crippen LogP contribution in [0.3, 0.4) is 0 Å². The van der Waals surface area contributed by atoms with Gasteiger partial charge in [-0.3, -0.25) is 4.79 Å². The lowest BCUT2D eigenvalue weighted by atomic mass is 10.1. The highest BCUT2D eigenvalue weighted by Gasteiger charge is 2.08. The zero-order valence-electron chi connectivity index (χ0n) is 15.8. The van der Waals surface area contributed by atoms with Crippen LogP contribution >= 0.6 is 11.6 Å². The first-order valence-corrected chi connectivity index (χ1v) is 9.34. The van der Waals surface area contributed by atoms with Gasteiger partial charge in [0.15, 0.2) is 0 Å². The summed E-state index contributed by atoms with van der Waals surface area (Å²) in [6, 6.07) is 16.9. The third-order valence-corrected chi connectivity index (χ3v) is 4.57. The van der Waals surface area contributed by atoms with Crippen molar-refractivity contribution in [3.05, 3.63) is 82.6 Å². The van der Waals surface area contributed by atoms with Crippen molar-refractivity contribution in [2.75, 3.05) is 19.0 Å². The Morgan fingerprint density at radius 3 is 2.68 bits per heavy atom. The van der Waals surface area contributed by atoms with Gasteiger partial charge in [-0.05, 0) is 60.9 Å². The number of aryl methyl sites for hydroxylation is 1. The molecule has 0 aliphatic carbocycles. The molecule has 144 valence electrons. The van der Waals surface area contributed by atoms with Crippen LogP contribution in [0.1, 0.15) is 21.6 Å². The van der Waals surface area contributed by atoms with Crippen LogP contribution in [0.4, 0.5) is 11.4 Å². The monoisotopic (exact) mass is 395 g/mol. The first kappa shape index (κ1) is 19.7. The lowest BCUT2D eigenvalue weighted by Crippen LogP contribution is -2.26. The summed E-state index contributed by atoms with van der Waals surface area (Å²) in [6.07, 6.45) is 2.33. The minimum absolute atomic E-state index is 0.205. The molecule has 5 nitrogen and oxygen atoms in total. The molecule has 2 N–H and O–H groups in total. The molecule has 0 saturated heterocycles. The van der Waals surface area contributed by atoms with Crippen LogP contribution in [0.2, 0.25) is 5.02 Å². The number of hydrogen-bond donors (Lipinski definition) is 2. The first-order chi connectivity index (χ1) is 13.6. The van der Waals surface area contributed by atoms with Crippen LogP contribution < -0.4 is 15.4 Å². The highest BCUT2D eigenvalue weighted by atomic mass is 35.5. The molecule has 0 radical (unpaired) electrons. The molecular weight excluding hydrogens is 374 g/mol. The zero-order valence-corrected chi connectivity index (χ0v) is 16.6. The van der Waals surface area contributed by atoms with Gasteiger partial charge in [0.1, 0.15) is 11.4 Å². The SMILES string of the molecule is COc1ccccc1CCNC(=O)c1ccc(Nc2ccc(Cl)cc2C)cn1. The van der Waals surface area contributed by atoms with E-state index in [0.29, 0.717) is 23.7 Å². The van der Waals surface area contributed by atoms with E-state index in [4.69, 9.17) is 16.3 Å². The summed E-state index contributed by atoms with van der Waals surface area (Å²) in [4.78, 5) is 16.6. The fourth-order valence-electron chi connectivity index (χ4n) is 2.84. The van der Waals surface area contributed by atoms with E-state index in [-0.39, 0.29) is 5.91 Å². The first-order valence-electron chi connectivity index (χ1n) is 8.96. The van der Waals surface area contributed by atoms with Gasteiger partial charge >= 0.3 is 0 Å². The Morgan fingerprint density at radius 2 is 1.96 bits per heavy atom. The molecule has 3 aromatic rings. The molecule has 0 saturated carbocycles. The molecule has 0 atom stereocenters. The summed E-state index contributed by atoms with van der Waals surface area (Å²) in [5, 5.41) is 6.86. The van der Waals surface area contributed by atoms with Crippen LogP contribution in [0.5, 0.6) is 5.75 Å². The third-order valence-electron chi connectivity index (χ3n) is 4.34. The standard InChI is InChI=1S/C22H22ClN3O2/c1-15-13-17(23)7-9-19(15)26-18-8-10-20(25-14-18)22(27)24-12-11-16-5-3-4-6-21(16)28-2/h3-10,13-14,26H,11-12H2,1-2H3,(H,24,27). The largest absolute Gasteiger partial charge is 0.496 e. The molecular formula is C22H22ClN3O2. The average molecular weight is 396 g/mol. The smallest absolute Gasteiger partial charge is 0.269 e. The van der Waals surface area contributed by atoms with Gasteiger partial charge in [0.05, 0.1) is 19.0 Å². The molecule has 0 unspecified atom stereocenters. The van der Waals surface area contributed by atoms with Crippen molar-refractivity contribution in [2.45, 2.75) is 13.3 Å². The summed E-state index contributed by atoms with van der Waals surface area (Å²) in [5.74, 6) is 0.618. The molecule has 2 aromatic carbocycles. The van der Waals surface area contributed by atoms with E-state index in [9.17, 15) is 4.79 Å². The van der Waals surface area contributed by atoms with Gasteiger partial charge in [-0.15, -0.1) is 0 Å². The maximum Gasteiger partial charge on any atom is 0.269 e.